The van der Waals surface area contributed by atoms with Gasteiger partial charge in [-0.05, 0) is 68.0 Å². The Hall–Kier alpha value is -3.13. The van der Waals surface area contributed by atoms with Gasteiger partial charge in [-0.2, -0.15) is 0 Å². The average Bonchev–Trinajstić information content (AvgIpc) is 2.86. The second kappa shape index (κ2) is 12.4. The lowest BCUT2D eigenvalue weighted by Crippen LogP contribution is -2.48. The van der Waals surface area contributed by atoms with E-state index in [-0.39, 0.29) is 42.4 Å². The quantitative estimate of drug-likeness (QED) is 0.540. The van der Waals surface area contributed by atoms with Crippen molar-refractivity contribution >= 4 is 12.0 Å². The molecular formula is C26H34FN3O4. The first-order chi connectivity index (χ1) is 16.4. The first-order valence-electron chi connectivity index (χ1n) is 11.7. The number of urea groups is 1. The number of benzene rings is 2. The van der Waals surface area contributed by atoms with E-state index in [1.54, 1.807) is 19.1 Å². The molecule has 0 radical (unpaired) electrons. The number of rotatable bonds is 9. The second-order valence-electron chi connectivity index (χ2n) is 8.86. The van der Waals surface area contributed by atoms with Gasteiger partial charge in [-0.25, -0.2) is 9.18 Å². The van der Waals surface area contributed by atoms with E-state index in [2.05, 4.69) is 5.32 Å². The zero-order valence-electron chi connectivity index (χ0n) is 19.8. The number of hydrogen-bond acceptors (Lipinski definition) is 5. The molecule has 1 aliphatic rings. The molecule has 2 aromatic carbocycles. The van der Waals surface area contributed by atoms with Crippen molar-refractivity contribution in [3.63, 3.8) is 0 Å². The Balaban J connectivity index is 1.57. The fourth-order valence-electron chi connectivity index (χ4n) is 4.04. The minimum atomic E-state index is -0.356. The summed E-state index contributed by atoms with van der Waals surface area (Å²) in [6, 6.07) is 13.8. The van der Waals surface area contributed by atoms with Crippen LogP contribution in [0.2, 0.25) is 0 Å². The Bertz CT molecular complexity index is 928. The Morgan fingerprint density at radius 3 is 2.29 bits per heavy atom. The molecule has 34 heavy (non-hydrogen) atoms. The number of carbonyl (C=O) groups excluding carboxylic acids is 2. The molecule has 0 heterocycles. The van der Waals surface area contributed by atoms with Gasteiger partial charge < -0.3 is 25.4 Å². The number of carbonyl (C=O) groups is 2. The minimum absolute atomic E-state index is 0.0948. The lowest BCUT2D eigenvalue weighted by atomic mass is 9.90. The van der Waals surface area contributed by atoms with E-state index in [9.17, 15) is 14.0 Å². The van der Waals surface area contributed by atoms with Gasteiger partial charge in [0.05, 0.1) is 13.0 Å². The summed E-state index contributed by atoms with van der Waals surface area (Å²) >= 11 is 0. The van der Waals surface area contributed by atoms with Crippen LogP contribution in [0.15, 0.2) is 48.5 Å². The van der Waals surface area contributed by atoms with Crippen LogP contribution in [-0.2, 0) is 22.6 Å². The fourth-order valence-corrected chi connectivity index (χ4v) is 4.04. The number of halogens is 1. The van der Waals surface area contributed by atoms with Crippen LogP contribution >= 0.6 is 0 Å². The molecular weight excluding hydrogens is 437 g/mol. The van der Waals surface area contributed by atoms with E-state index < -0.39 is 0 Å². The van der Waals surface area contributed by atoms with Crippen LogP contribution in [0.4, 0.5) is 9.18 Å². The van der Waals surface area contributed by atoms with Crippen molar-refractivity contribution < 1.29 is 23.5 Å². The molecule has 0 aromatic heterocycles. The average molecular weight is 472 g/mol. The van der Waals surface area contributed by atoms with Crippen LogP contribution in [0.1, 0.15) is 43.7 Å². The SMILES string of the molecule is COC(=O)C(C)COc1ccc(CNC(=O)N(Cc2ccc(F)cc2)C2CCC(N)CC2)cc1. The molecule has 1 atom stereocenters. The molecule has 3 rings (SSSR count). The van der Waals surface area contributed by atoms with Crippen molar-refractivity contribution in [1.82, 2.24) is 10.2 Å². The van der Waals surface area contributed by atoms with E-state index >= 15 is 0 Å². The van der Waals surface area contributed by atoms with Crippen LogP contribution in [0.3, 0.4) is 0 Å². The second-order valence-corrected chi connectivity index (χ2v) is 8.86. The van der Waals surface area contributed by atoms with Crippen molar-refractivity contribution in [3.05, 3.63) is 65.5 Å². The van der Waals surface area contributed by atoms with Crippen LogP contribution in [-0.4, -0.2) is 42.7 Å². The maximum absolute atomic E-state index is 13.3. The lowest BCUT2D eigenvalue weighted by Gasteiger charge is -2.36. The van der Waals surface area contributed by atoms with Crippen LogP contribution in [0.25, 0.3) is 0 Å². The van der Waals surface area contributed by atoms with Gasteiger partial charge in [0.2, 0.25) is 0 Å². The molecule has 8 heteroatoms. The van der Waals surface area contributed by atoms with Gasteiger partial charge in [0.1, 0.15) is 18.2 Å². The van der Waals surface area contributed by atoms with E-state index in [4.69, 9.17) is 15.2 Å². The highest BCUT2D eigenvalue weighted by Gasteiger charge is 2.28. The number of amides is 2. The van der Waals surface area contributed by atoms with Crippen molar-refractivity contribution in [2.75, 3.05) is 13.7 Å². The van der Waals surface area contributed by atoms with Gasteiger partial charge in [0.25, 0.3) is 0 Å². The summed E-state index contributed by atoms with van der Waals surface area (Å²) in [6.07, 6.45) is 3.47. The van der Waals surface area contributed by atoms with Gasteiger partial charge >= 0.3 is 12.0 Å². The Morgan fingerprint density at radius 2 is 1.68 bits per heavy atom. The van der Waals surface area contributed by atoms with Crippen molar-refractivity contribution in [3.8, 4) is 5.75 Å². The molecule has 2 aromatic rings. The van der Waals surface area contributed by atoms with Crippen molar-refractivity contribution in [1.29, 1.82) is 0 Å². The van der Waals surface area contributed by atoms with Gasteiger partial charge in [-0.1, -0.05) is 24.3 Å². The lowest BCUT2D eigenvalue weighted by molar-refractivity contribution is -0.145. The third kappa shape index (κ3) is 7.45. The predicted molar refractivity (Wildman–Crippen MR) is 128 cm³/mol. The molecule has 0 saturated heterocycles. The number of nitrogens with two attached hydrogens (primary N) is 1. The Labute approximate surface area is 200 Å². The number of hydrogen-bond donors (Lipinski definition) is 2. The van der Waals surface area contributed by atoms with Gasteiger partial charge in [-0.3, -0.25) is 4.79 Å². The molecule has 2 amide bonds. The molecule has 1 unspecified atom stereocenters. The highest BCUT2D eigenvalue weighted by molar-refractivity contribution is 5.74. The van der Waals surface area contributed by atoms with Crippen LogP contribution in [0, 0.1) is 11.7 Å². The number of esters is 1. The van der Waals surface area contributed by atoms with Crippen LogP contribution < -0.4 is 15.8 Å². The molecule has 1 fully saturated rings. The minimum Gasteiger partial charge on any atom is -0.493 e. The van der Waals surface area contributed by atoms with E-state index in [1.165, 1.54) is 19.2 Å². The molecule has 1 aliphatic carbocycles. The van der Waals surface area contributed by atoms with E-state index in [0.717, 1.165) is 36.8 Å². The first kappa shape index (κ1) is 25.5. The molecule has 184 valence electrons. The first-order valence-corrected chi connectivity index (χ1v) is 11.7. The van der Waals surface area contributed by atoms with Crippen molar-refractivity contribution in [2.45, 2.75) is 57.8 Å². The summed E-state index contributed by atoms with van der Waals surface area (Å²) in [6.45, 7) is 2.75. The largest absolute Gasteiger partial charge is 0.493 e. The normalized spacial score (nSPS) is 18.6. The van der Waals surface area contributed by atoms with E-state index in [0.29, 0.717) is 18.8 Å². The Morgan fingerprint density at radius 1 is 1.06 bits per heavy atom. The fraction of sp³-hybridized carbons (Fsp3) is 0.462. The van der Waals surface area contributed by atoms with Gasteiger partial charge in [0.15, 0.2) is 0 Å². The van der Waals surface area contributed by atoms with Crippen LogP contribution in [0.5, 0.6) is 5.75 Å². The predicted octanol–water partition coefficient (Wildman–Crippen LogP) is 4.00. The summed E-state index contributed by atoms with van der Waals surface area (Å²) < 4.78 is 23.7. The summed E-state index contributed by atoms with van der Waals surface area (Å²) in [5, 5.41) is 3.01. The summed E-state index contributed by atoms with van der Waals surface area (Å²) in [4.78, 5) is 26.5. The number of nitrogens with one attached hydrogen (secondary N) is 1. The molecule has 0 bridgehead atoms. The third-order valence-electron chi connectivity index (χ3n) is 6.18. The zero-order chi connectivity index (χ0) is 24.5. The third-order valence-corrected chi connectivity index (χ3v) is 6.18. The highest BCUT2D eigenvalue weighted by Crippen LogP contribution is 2.24. The Kier molecular flexibility index (Phi) is 9.27. The maximum Gasteiger partial charge on any atom is 0.318 e. The summed E-state index contributed by atoms with van der Waals surface area (Å²) in [7, 11) is 1.35. The monoisotopic (exact) mass is 471 g/mol. The molecule has 3 N–H and O–H groups in total. The number of ether oxygens (including phenoxy) is 2. The number of nitrogens with zero attached hydrogens (tertiary/aromatic N) is 1. The summed E-state index contributed by atoms with van der Waals surface area (Å²) in [5.41, 5.74) is 7.86. The number of methoxy groups -OCH3 is 1. The topological polar surface area (TPSA) is 93.9 Å². The zero-order valence-corrected chi connectivity index (χ0v) is 19.8. The molecule has 0 aliphatic heterocycles. The van der Waals surface area contributed by atoms with Gasteiger partial charge in [-0.15, -0.1) is 0 Å². The maximum atomic E-state index is 13.3. The standard InChI is InChI=1S/C26H34FN3O4/c1-18(25(31)33-2)17-34-24-13-5-19(6-14-24)15-29-26(32)30(23-11-9-22(28)10-12-23)16-20-3-7-21(27)8-4-20/h3-8,13-14,18,22-23H,9-12,15-17,28H2,1-2H3,(H,29,32). The molecule has 7 nitrogen and oxygen atoms in total. The van der Waals surface area contributed by atoms with Gasteiger partial charge in [0, 0.05) is 25.2 Å². The smallest absolute Gasteiger partial charge is 0.318 e. The highest BCUT2D eigenvalue weighted by atomic mass is 19.1. The summed E-state index contributed by atoms with van der Waals surface area (Å²) in [5.74, 6) is -0.326. The van der Waals surface area contributed by atoms with E-state index in [1.807, 2.05) is 29.2 Å². The molecule has 1 saturated carbocycles. The van der Waals surface area contributed by atoms with Crippen molar-refractivity contribution in [2.24, 2.45) is 11.7 Å². The molecule has 0 spiro atoms.